The van der Waals surface area contributed by atoms with Crippen molar-refractivity contribution < 1.29 is 13.2 Å². The smallest absolute Gasteiger partial charge is 0.250 e. The van der Waals surface area contributed by atoms with Crippen molar-refractivity contribution in [3.05, 3.63) is 78.4 Å². The normalized spacial score (nSPS) is 11.7. The summed E-state index contributed by atoms with van der Waals surface area (Å²) in [5.74, 6) is -0.370. The van der Waals surface area contributed by atoms with Gasteiger partial charge in [-0.1, -0.05) is 42.5 Å². The first-order chi connectivity index (χ1) is 14.7. The molecule has 0 saturated heterocycles. The average Bonchev–Trinajstić information content (AvgIpc) is 2.71. The molecule has 0 atom stereocenters. The van der Waals surface area contributed by atoms with E-state index < -0.39 is 10.0 Å². The van der Waals surface area contributed by atoms with Gasteiger partial charge in [0.25, 0.3) is 0 Å². The van der Waals surface area contributed by atoms with E-state index in [9.17, 15) is 13.2 Å². The molecule has 3 N–H and O–H groups in total. The van der Waals surface area contributed by atoms with Crippen molar-refractivity contribution in [3.63, 3.8) is 0 Å². The van der Waals surface area contributed by atoms with Crippen LogP contribution in [0.4, 0.5) is 5.69 Å². The summed E-state index contributed by atoms with van der Waals surface area (Å²) < 4.78 is 26.9. The number of nitrogens with one attached hydrogen (secondary N) is 3. The number of hydrogen-bond acceptors (Lipinski definition) is 4. The molecular formula is C23H23N3O3S2. The summed E-state index contributed by atoms with van der Waals surface area (Å²) in [5.41, 5.74) is 1.49. The molecule has 1 amide bonds. The van der Waals surface area contributed by atoms with Gasteiger partial charge in [-0.15, -0.1) is 0 Å². The van der Waals surface area contributed by atoms with Gasteiger partial charge in [0.05, 0.1) is 4.90 Å². The number of rotatable bonds is 6. The maximum absolute atomic E-state index is 12.2. The second-order valence-electron chi connectivity index (χ2n) is 7.15. The lowest BCUT2D eigenvalue weighted by Crippen LogP contribution is -2.33. The number of carbonyl (C=O) groups is 1. The highest BCUT2D eigenvalue weighted by molar-refractivity contribution is 7.89. The van der Waals surface area contributed by atoms with E-state index in [4.69, 9.17) is 12.2 Å². The number of hydrogen-bond donors (Lipinski definition) is 3. The number of sulfonamides is 1. The molecule has 31 heavy (non-hydrogen) atoms. The molecule has 0 bridgehead atoms. The van der Waals surface area contributed by atoms with Gasteiger partial charge >= 0.3 is 0 Å². The van der Waals surface area contributed by atoms with Crippen molar-refractivity contribution in [1.29, 1.82) is 0 Å². The monoisotopic (exact) mass is 453 g/mol. The van der Waals surface area contributed by atoms with Crippen LogP contribution in [0, 0.1) is 0 Å². The zero-order valence-electron chi connectivity index (χ0n) is 17.1. The predicted octanol–water partition coefficient (Wildman–Crippen LogP) is 4.05. The van der Waals surface area contributed by atoms with E-state index >= 15 is 0 Å². The summed E-state index contributed by atoms with van der Waals surface area (Å²) in [6.45, 7) is 3.51. The van der Waals surface area contributed by atoms with Crippen LogP contribution in [0.3, 0.4) is 0 Å². The van der Waals surface area contributed by atoms with Gasteiger partial charge in [-0.3, -0.25) is 10.1 Å². The fourth-order valence-electron chi connectivity index (χ4n) is 2.97. The van der Waals surface area contributed by atoms with Crippen molar-refractivity contribution >= 4 is 55.8 Å². The summed E-state index contributed by atoms with van der Waals surface area (Å²) in [5, 5.41) is 7.71. The molecule has 0 radical (unpaired) electrons. The Morgan fingerprint density at radius 3 is 2.35 bits per heavy atom. The Bertz CT molecular complexity index is 1230. The molecular weight excluding hydrogens is 430 g/mol. The Morgan fingerprint density at radius 1 is 0.968 bits per heavy atom. The summed E-state index contributed by atoms with van der Waals surface area (Å²) >= 11 is 5.18. The fourth-order valence-corrected chi connectivity index (χ4v) is 4.44. The van der Waals surface area contributed by atoms with Gasteiger partial charge in [0.2, 0.25) is 15.9 Å². The average molecular weight is 454 g/mol. The largest absolute Gasteiger partial charge is 0.332 e. The summed E-state index contributed by atoms with van der Waals surface area (Å²) in [4.78, 5) is 12.4. The molecule has 0 spiro atoms. The number of carbonyl (C=O) groups excluding carboxylic acids is 1. The molecule has 3 aromatic carbocycles. The first-order valence-electron chi connectivity index (χ1n) is 9.65. The number of amides is 1. The Kier molecular flexibility index (Phi) is 7.17. The van der Waals surface area contributed by atoms with E-state index in [2.05, 4.69) is 15.4 Å². The SMILES string of the molecule is CC(C)NS(=O)(=O)c1ccc(NC(=S)NC(=O)C=Cc2cccc3ccccc23)cc1. The first kappa shape index (κ1) is 22.6. The van der Waals surface area contributed by atoms with E-state index in [1.165, 1.54) is 18.2 Å². The number of fused-ring (bicyclic) bond motifs is 1. The highest BCUT2D eigenvalue weighted by Crippen LogP contribution is 2.19. The molecule has 0 aliphatic carbocycles. The summed E-state index contributed by atoms with van der Waals surface area (Å²) in [6.07, 6.45) is 3.16. The maximum atomic E-state index is 12.2. The quantitative estimate of drug-likeness (QED) is 0.387. The first-order valence-corrected chi connectivity index (χ1v) is 11.5. The van der Waals surface area contributed by atoms with Crippen LogP contribution < -0.4 is 15.4 Å². The second-order valence-corrected chi connectivity index (χ2v) is 9.27. The third kappa shape index (κ3) is 6.21. The zero-order chi connectivity index (χ0) is 22.4. The van der Waals surface area contributed by atoms with Gasteiger partial charge in [0.1, 0.15) is 0 Å². The highest BCUT2D eigenvalue weighted by Gasteiger charge is 2.15. The van der Waals surface area contributed by atoms with Crippen molar-refractivity contribution in [2.75, 3.05) is 5.32 Å². The van der Waals surface area contributed by atoms with E-state index in [0.29, 0.717) is 5.69 Å². The van der Waals surface area contributed by atoms with Crippen LogP contribution in [0.5, 0.6) is 0 Å². The molecule has 8 heteroatoms. The molecule has 0 fully saturated rings. The van der Waals surface area contributed by atoms with E-state index in [0.717, 1.165) is 16.3 Å². The fraction of sp³-hybridized carbons (Fsp3) is 0.130. The molecule has 0 heterocycles. The van der Waals surface area contributed by atoms with Crippen molar-refractivity contribution in [2.24, 2.45) is 0 Å². The molecule has 0 aliphatic heterocycles. The molecule has 160 valence electrons. The van der Waals surface area contributed by atoms with Gasteiger partial charge in [-0.2, -0.15) is 0 Å². The van der Waals surface area contributed by atoms with Crippen LogP contribution >= 0.6 is 12.2 Å². The molecule has 0 saturated carbocycles. The van der Waals surface area contributed by atoms with Crippen LogP contribution in [0.2, 0.25) is 0 Å². The van der Waals surface area contributed by atoms with Gasteiger partial charge in [0, 0.05) is 17.8 Å². The van der Waals surface area contributed by atoms with Crippen molar-refractivity contribution in [3.8, 4) is 0 Å². The lowest BCUT2D eigenvalue weighted by Gasteiger charge is -2.11. The minimum atomic E-state index is -3.56. The van der Waals surface area contributed by atoms with Crippen LogP contribution in [0.15, 0.2) is 77.7 Å². The van der Waals surface area contributed by atoms with Gasteiger partial charge < -0.3 is 5.32 Å². The Balaban J connectivity index is 1.60. The van der Waals surface area contributed by atoms with Crippen LogP contribution in [-0.2, 0) is 14.8 Å². The number of thiocarbonyl (C=S) groups is 1. The minimum absolute atomic E-state index is 0.114. The third-order valence-electron chi connectivity index (χ3n) is 4.29. The highest BCUT2D eigenvalue weighted by atomic mass is 32.2. The summed E-state index contributed by atoms with van der Waals surface area (Å²) in [7, 11) is -3.56. The Hall–Kier alpha value is -3.07. The third-order valence-corrected chi connectivity index (χ3v) is 6.17. The van der Waals surface area contributed by atoms with Crippen LogP contribution in [-0.4, -0.2) is 25.5 Å². The zero-order valence-corrected chi connectivity index (χ0v) is 18.8. The molecule has 3 aromatic rings. The summed E-state index contributed by atoms with van der Waals surface area (Å²) in [6, 6.07) is 19.7. The topological polar surface area (TPSA) is 87.3 Å². The lowest BCUT2D eigenvalue weighted by molar-refractivity contribution is -0.115. The van der Waals surface area contributed by atoms with Crippen molar-refractivity contribution in [1.82, 2.24) is 10.0 Å². The van der Waals surface area contributed by atoms with Gasteiger partial charge in [0.15, 0.2) is 5.11 Å². The van der Waals surface area contributed by atoms with E-state index in [-0.39, 0.29) is 22.0 Å². The molecule has 0 aromatic heterocycles. The number of benzene rings is 3. The molecule has 0 unspecified atom stereocenters. The predicted molar refractivity (Wildman–Crippen MR) is 129 cm³/mol. The van der Waals surface area contributed by atoms with Crippen LogP contribution in [0.1, 0.15) is 19.4 Å². The van der Waals surface area contributed by atoms with Gasteiger partial charge in [-0.05, 0) is 72.7 Å². The van der Waals surface area contributed by atoms with Crippen LogP contribution in [0.25, 0.3) is 16.8 Å². The molecule has 0 aliphatic rings. The van der Waals surface area contributed by atoms with Crippen molar-refractivity contribution in [2.45, 2.75) is 24.8 Å². The lowest BCUT2D eigenvalue weighted by atomic mass is 10.0. The Morgan fingerprint density at radius 2 is 1.65 bits per heavy atom. The minimum Gasteiger partial charge on any atom is -0.332 e. The second kappa shape index (κ2) is 9.82. The standard InChI is InChI=1S/C23H23N3O3S2/c1-16(2)26-31(28,29)20-13-11-19(12-14-20)24-23(30)25-22(27)15-10-18-8-5-7-17-6-3-4-9-21(17)18/h3-16,26H,1-2H3,(H2,24,25,27,30). The van der Waals surface area contributed by atoms with Gasteiger partial charge in [-0.25, -0.2) is 13.1 Å². The number of anilines is 1. The van der Waals surface area contributed by atoms with E-state index in [1.807, 2.05) is 42.5 Å². The molecule has 3 rings (SSSR count). The maximum Gasteiger partial charge on any atom is 0.250 e. The van der Waals surface area contributed by atoms with E-state index in [1.54, 1.807) is 32.1 Å². The molecule has 6 nitrogen and oxygen atoms in total. The Labute approximate surface area is 187 Å².